The minimum absolute atomic E-state index is 0.0626. The molecule has 1 aliphatic carbocycles. The van der Waals surface area contributed by atoms with Crippen LogP contribution in [-0.2, 0) is 4.74 Å². The Hall–Kier alpha value is -4.18. The Kier molecular flexibility index (Phi) is 6.19. The van der Waals surface area contributed by atoms with E-state index in [9.17, 15) is 14.9 Å². The smallest absolute Gasteiger partial charge is 0.407 e. The van der Waals surface area contributed by atoms with Gasteiger partial charge in [-0.3, -0.25) is 10.1 Å². The van der Waals surface area contributed by atoms with E-state index in [1.54, 1.807) is 0 Å². The molecule has 0 radical (unpaired) electrons. The number of nitro benzene ring substituents is 1. The van der Waals surface area contributed by atoms with Crippen molar-refractivity contribution in [2.45, 2.75) is 25.8 Å². The number of thiocarbonyl (C=S) groups is 1. The second-order valence-corrected chi connectivity index (χ2v) is 9.38. The molecule has 0 saturated carbocycles. The van der Waals surface area contributed by atoms with Gasteiger partial charge in [0.05, 0.1) is 11.0 Å². The van der Waals surface area contributed by atoms with Gasteiger partial charge >= 0.3 is 6.09 Å². The van der Waals surface area contributed by atoms with E-state index in [0.29, 0.717) is 11.0 Å². The van der Waals surface area contributed by atoms with Gasteiger partial charge in [-0.2, -0.15) is 0 Å². The Balaban J connectivity index is 1.33. The average Bonchev–Trinajstić information content (AvgIpc) is 3.44. The first-order chi connectivity index (χ1) is 17.3. The van der Waals surface area contributed by atoms with Gasteiger partial charge in [0.1, 0.15) is 22.6 Å². The lowest BCUT2D eigenvalue weighted by Crippen LogP contribution is -2.46. The number of nitrogens with zero attached hydrogens (tertiary/aromatic N) is 4. The molecule has 0 bridgehead atoms. The third-order valence-electron chi connectivity index (χ3n) is 6.40. The van der Waals surface area contributed by atoms with Crippen LogP contribution in [0.3, 0.4) is 0 Å². The number of nitrogens with one attached hydrogen (secondary N) is 1. The zero-order valence-electron chi connectivity index (χ0n) is 19.6. The van der Waals surface area contributed by atoms with Crippen LogP contribution in [0.25, 0.3) is 22.2 Å². The van der Waals surface area contributed by atoms with E-state index in [4.69, 9.17) is 17.0 Å². The molecule has 0 unspecified atom stereocenters. The molecule has 36 heavy (non-hydrogen) atoms. The first-order valence-corrected chi connectivity index (χ1v) is 11.9. The SMILES string of the molecule is CC(C)[C@H](NC(=O)OCC1c2ccccc2-c2ccccc21)C(=S)n1nnc2ccc([N+](=O)[O-])cc21. The summed E-state index contributed by atoms with van der Waals surface area (Å²) in [6, 6.07) is 19.9. The standard InChI is InChI=1S/C26H23N5O4S/c1-15(2)24(25(36)30-23-13-16(31(33)34)11-12-22(23)28-29-30)27-26(32)35-14-21-19-9-5-3-7-17(19)18-8-4-6-10-20(18)21/h3-13,15,21,24H,14H2,1-2H3,(H,27,32)/t24-/m0/s1. The number of hydrogen-bond acceptors (Lipinski definition) is 7. The number of rotatable bonds is 6. The molecule has 9 nitrogen and oxygen atoms in total. The summed E-state index contributed by atoms with van der Waals surface area (Å²) in [7, 11) is 0. The van der Waals surface area contributed by atoms with Crippen molar-refractivity contribution in [2.24, 2.45) is 5.92 Å². The van der Waals surface area contributed by atoms with Crippen molar-refractivity contribution in [1.82, 2.24) is 20.3 Å². The van der Waals surface area contributed by atoms with Crippen LogP contribution in [0, 0.1) is 16.0 Å². The monoisotopic (exact) mass is 501 g/mol. The summed E-state index contributed by atoms with van der Waals surface area (Å²) >= 11 is 5.64. The first-order valence-electron chi connectivity index (χ1n) is 11.5. The predicted molar refractivity (Wildman–Crippen MR) is 139 cm³/mol. The number of carbonyl (C=O) groups excluding carboxylic acids is 1. The Bertz CT molecular complexity index is 1450. The molecule has 0 aliphatic heterocycles. The number of nitro groups is 1. The van der Waals surface area contributed by atoms with Crippen molar-refractivity contribution in [3.05, 3.63) is 88.0 Å². The van der Waals surface area contributed by atoms with Crippen molar-refractivity contribution < 1.29 is 14.5 Å². The van der Waals surface area contributed by atoms with E-state index in [-0.39, 0.29) is 29.1 Å². The molecule has 0 spiro atoms. The number of carbonyl (C=O) groups is 1. The third kappa shape index (κ3) is 4.20. The second kappa shape index (κ2) is 9.46. The number of amides is 1. The highest BCUT2D eigenvalue weighted by molar-refractivity contribution is 7.80. The van der Waals surface area contributed by atoms with Crippen LogP contribution in [0.15, 0.2) is 66.7 Å². The maximum atomic E-state index is 12.9. The lowest BCUT2D eigenvalue weighted by atomic mass is 9.98. The van der Waals surface area contributed by atoms with Crippen LogP contribution in [0.5, 0.6) is 0 Å². The van der Waals surface area contributed by atoms with E-state index in [1.807, 2.05) is 38.1 Å². The lowest BCUT2D eigenvalue weighted by molar-refractivity contribution is -0.384. The van der Waals surface area contributed by atoms with Gasteiger partial charge in [-0.1, -0.05) is 79.8 Å². The van der Waals surface area contributed by atoms with E-state index >= 15 is 0 Å². The van der Waals surface area contributed by atoms with Crippen LogP contribution >= 0.6 is 12.2 Å². The summed E-state index contributed by atoms with van der Waals surface area (Å²) in [6.07, 6.45) is -0.603. The van der Waals surface area contributed by atoms with Crippen molar-refractivity contribution in [2.75, 3.05) is 6.61 Å². The number of non-ortho nitro benzene ring substituents is 1. The fourth-order valence-electron chi connectivity index (χ4n) is 4.60. The van der Waals surface area contributed by atoms with Crippen LogP contribution in [0.4, 0.5) is 10.5 Å². The number of fused-ring (bicyclic) bond motifs is 4. The van der Waals surface area contributed by atoms with Crippen LogP contribution in [0.1, 0.15) is 30.9 Å². The molecule has 1 amide bonds. The fourth-order valence-corrected chi connectivity index (χ4v) is 5.06. The quantitative estimate of drug-likeness (QED) is 0.223. The maximum Gasteiger partial charge on any atom is 0.407 e. The zero-order chi connectivity index (χ0) is 25.4. The van der Waals surface area contributed by atoms with Gasteiger partial charge in [0.2, 0.25) is 0 Å². The molecular weight excluding hydrogens is 478 g/mol. The summed E-state index contributed by atoms with van der Waals surface area (Å²) in [4.78, 5) is 23.9. The van der Waals surface area contributed by atoms with Crippen molar-refractivity contribution in [1.29, 1.82) is 0 Å². The van der Waals surface area contributed by atoms with Crippen molar-refractivity contribution in [3.8, 4) is 11.1 Å². The van der Waals surface area contributed by atoms with Crippen molar-refractivity contribution in [3.63, 3.8) is 0 Å². The van der Waals surface area contributed by atoms with E-state index in [1.165, 1.54) is 22.9 Å². The molecule has 1 N–H and O–H groups in total. The van der Waals surface area contributed by atoms with Crippen LogP contribution in [-0.4, -0.2) is 43.6 Å². The highest BCUT2D eigenvalue weighted by Crippen LogP contribution is 2.44. The average molecular weight is 502 g/mol. The molecule has 1 heterocycles. The molecule has 1 aliphatic rings. The van der Waals surface area contributed by atoms with Gasteiger partial charge in [-0.05, 0) is 34.2 Å². The summed E-state index contributed by atoms with van der Waals surface area (Å²) in [5, 5.41) is 22.2. The highest BCUT2D eigenvalue weighted by Gasteiger charge is 2.30. The molecule has 0 fully saturated rings. The molecule has 0 saturated heterocycles. The number of aromatic nitrogens is 3. The third-order valence-corrected chi connectivity index (χ3v) is 6.83. The summed E-state index contributed by atoms with van der Waals surface area (Å²) in [6.45, 7) is 3.99. The maximum absolute atomic E-state index is 12.9. The van der Waals surface area contributed by atoms with Crippen LogP contribution < -0.4 is 5.32 Å². The zero-order valence-corrected chi connectivity index (χ0v) is 20.4. The first kappa shape index (κ1) is 23.6. The molecule has 4 aromatic rings. The summed E-state index contributed by atoms with van der Waals surface area (Å²) in [5.41, 5.74) is 5.31. The molecule has 5 rings (SSSR count). The normalized spacial score (nSPS) is 13.3. The predicted octanol–water partition coefficient (Wildman–Crippen LogP) is 5.08. The van der Waals surface area contributed by atoms with E-state index in [2.05, 4.69) is 39.9 Å². The lowest BCUT2D eigenvalue weighted by Gasteiger charge is -2.23. The molecule has 182 valence electrons. The molecule has 3 aromatic carbocycles. The number of benzene rings is 3. The number of ether oxygens (including phenoxy) is 1. The minimum Gasteiger partial charge on any atom is -0.449 e. The molecule has 10 heteroatoms. The highest BCUT2D eigenvalue weighted by atomic mass is 32.1. The van der Waals surface area contributed by atoms with Gasteiger partial charge in [0.25, 0.3) is 5.69 Å². The summed E-state index contributed by atoms with van der Waals surface area (Å²) in [5.74, 6) is -0.164. The topological polar surface area (TPSA) is 112 Å². The summed E-state index contributed by atoms with van der Waals surface area (Å²) < 4.78 is 7.03. The Morgan fingerprint density at radius 2 is 1.75 bits per heavy atom. The van der Waals surface area contributed by atoms with Gasteiger partial charge < -0.3 is 10.1 Å². The molecular formula is C26H23N5O4S. The van der Waals surface area contributed by atoms with Crippen LogP contribution in [0.2, 0.25) is 0 Å². The van der Waals surface area contributed by atoms with Gasteiger partial charge in [0.15, 0.2) is 0 Å². The van der Waals surface area contributed by atoms with Gasteiger partial charge in [-0.25, -0.2) is 9.48 Å². The van der Waals surface area contributed by atoms with Gasteiger partial charge in [0, 0.05) is 18.1 Å². The number of alkyl carbamates (subject to hydrolysis) is 1. The fraction of sp³-hybridized carbons (Fsp3) is 0.231. The van der Waals surface area contributed by atoms with E-state index in [0.717, 1.165) is 22.3 Å². The van der Waals surface area contributed by atoms with Crippen molar-refractivity contribution >= 4 is 40.0 Å². The Morgan fingerprint density at radius 3 is 2.36 bits per heavy atom. The minimum atomic E-state index is -0.611. The number of hydrogen-bond donors (Lipinski definition) is 1. The molecule has 1 aromatic heterocycles. The Labute approximate surface area is 212 Å². The molecule has 1 atom stereocenters. The van der Waals surface area contributed by atoms with E-state index < -0.39 is 17.1 Å². The second-order valence-electron chi connectivity index (χ2n) is 8.96. The Morgan fingerprint density at radius 1 is 1.11 bits per heavy atom. The largest absolute Gasteiger partial charge is 0.449 e. The van der Waals surface area contributed by atoms with Gasteiger partial charge in [-0.15, -0.1) is 5.10 Å².